The fourth-order valence-corrected chi connectivity index (χ4v) is 1.56. The fourth-order valence-electron chi connectivity index (χ4n) is 1.56. The van der Waals surface area contributed by atoms with E-state index in [4.69, 9.17) is 0 Å². The van der Waals surface area contributed by atoms with Gasteiger partial charge in [-0.1, -0.05) is 6.07 Å². The molecule has 0 aliphatic carbocycles. The molecule has 0 radical (unpaired) electrons. The lowest BCUT2D eigenvalue weighted by atomic mass is 10.0. The second-order valence-corrected chi connectivity index (χ2v) is 3.94. The molecule has 10 heteroatoms. The normalized spacial score (nSPS) is 14.4. The molecule has 0 aromatic heterocycles. The Kier molecular flexibility index (Phi) is 4.86. The minimum Gasteiger partial charge on any atom is -0.467 e. The minimum atomic E-state index is -4.95. The van der Waals surface area contributed by atoms with Crippen LogP contribution in [0.3, 0.4) is 0 Å². The first-order chi connectivity index (χ1) is 9.59. The molecule has 0 bridgehead atoms. The maximum atomic E-state index is 12.6. The van der Waals surface area contributed by atoms with Crippen LogP contribution in [0.2, 0.25) is 0 Å². The molecule has 2 unspecified atom stereocenters. The molecule has 0 heterocycles. The highest BCUT2D eigenvalue weighted by Crippen LogP contribution is 2.37. The quantitative estimate of drug-likeness (QED) is 0.491. The number of carbonyl (C=O) groups excluding carboxylic acids is 1. The van der Waals surface area contributed by atoms with Gasteiger partial charge in [0.05, 0.1) is 12.0 Å². The van der Waals surface area contributed by atoms with Crippen LogP contribution < -0.4 is 0 Å². The Labute approximate surface area is 115 Å². The number of halogens is 3. The van der Waals surface area contributed by atoms with Gasteiger partial charge in [-0.3, -0.25) is 10.1 Å². The van der Waals surface area contributed by atoms with E-state index in [9.17, 15) is 38.3 Å². The van der Waals surface area contributed by atoms with Gasteiger partial charge in [-0.05, 0) is 11.6 Å². The molecular weight excluding hydrogens is 299 g/mol. The van der Waals surface area contributed by atoms with Crippen molar-refractivity contribution in [3.63, 3.8) is 0 Å². The minimum absolute atomic E-state index is 0.390. The first-order valence-corrected chi connectivity index (χ1v) is 5.39. The molecule has 116 valence electrons. The SMILES string of the molecule is COC(=O)C(O)C(O)c1ccc(C(F)(F)F)c([N+](=O)[O-])c1. The number of aliphatic hydroxyl groups is 2. The largest absolute Gasteiger partial charge is 0.467 e. The molecule has 0 amide bonds. The number of alkyl halides is 3. The van der Waals surface area contributed by atoms with Crippen LogP contribution in [0.5, 0.6) is 0 Å². The molecule has 0 saturated carbocycles. The van der Waals surface area contributed by atoms with Gasteiger partial charge in [-0.25, -0.2) is 4.79 Å². The molecule has 0 saturated heterocycles. The van der Waals surface area contributed by atoms with Crippen LogP contribution in [0.25, 0.3) is 0 Å². The molecule has 21 heavy (non-hydrogen) atoms. The second-order valence-electron chi connectivity index (χ2n) is 3.94. The lowest BCUT2D eigenvalue weighted by Gasteiger charge is -2.16. The molecule has 0 fully saturated rings. The summed E-state index contributed by atoms with van der Waals surface area (Å²) in [6, 6.07) is 1.56. The summed E-state index contributed by atoms with van der Waals surface area (Å²) >= 11 is 0. The van der Waals surface area contributed by atoms with Gasteiger partial charge in [-0.15, -0.1) is 0 Å². The molecule has 7 nitrogen and oxygen atoms in total. The summed E-state index contributed by atoms with van der Waals surface area (Å²) in [4.78, 5) is 20.4. The van der Waals surface area contributed by atoms with Crippen molar-refractivity contribution in [2.24, 2.45) is 0 Å². The van der Waals surface area contributed by atoms with Crippen molar-refractivity contribution < 1.29 is 37.8 Å². The van der Waals surface area contributed by atoms with E-state index >= 15 is 0 Å². The zero-order valence-electron chi connectivity index (χ0n) is 10.5. The summed E-state index contributed by atoms with van der Waals surface area (Å²) in [5.41, 5.74) is -3.22. The third-order valence-corrected chi connectivity index (χ3v) is 2.61. The number of carbonyl (C=O) groups is 1. The van der Waals surface area contributed by atoms with Crippen LogP contribution in [0.1, 0.15) is 17.2 Å². The highest BCUT2D eigenvalue weighted by atomic mass is 19.4. The smallest absolute Gasteiger partial charge is 0.422 e. The van der Waals surface area contributed by atoms with Crippen molar-refractivity contribution in [2.75, 3.05) is 7.11 Å². The van der Waals surface area contributed by atoms with Gasteiger partial charge in [0.1, 0.15) is 11.7 Å². The van der Waals surface area contributed by atoms with Crippen LogP contribution in [-0.2, 0) is 15.7 Å². The lowest BCUT2D eigenvalue weighted by molar-refractivity contribution is -0.388. The number of hydrogen-bond donors (Lipinski definition) is 2. The van der Waals surface area contributed by atoms with E-state index in [1.807, 2.05) is 0 Å². The van der Waals surface area contributed by atoms with Crippen molar-refractivity contribution in [1.82, 2.24) is 0 Å². The summed E-state index contributed by atoms with van der Waals surface area (Å²) in [7, 11) is 0.924. The topological polar surface area (TPSA) is 110 Å². The Hall–Kier alpha value is -2.20. The van der Waals surface area contributed by atoms with Crippen LogP contribution in [0.4, 0.5) is 18.9 Å². The number of esters is 1. The number of ether oxygens (including phenoxy) is 1. The maximum Gasteiger partial charge on any atom is 0.422 e. The first kappa shape index (κ1) is 16.9. The van der Waals surface area contributed by atoms with E-state index in [0.717, 1.165) is 13.2 Å². The first-order valence-electron chi connectivity index (χ1n) is 5.39. The number of nitrogens with zero attached hydrogens (tertiary/aromatic N) is 1. The summed E-state index contributed by atoms with van der Waals surface area (Å²) in [6.45, 7) is 0. The maximum absolute atomic E-state index is 12.6. The molecule has 0 aliphatic heterocycles. The summed E-state index contributed by atoms with van der Waals surface area (Å²) in [6.07, 6.45) is -8.99. The summed E-state index contributed by atoms with van der Waals surface area (Å²) in [5, 5.41) is 29.7. The highest BCUT2D eigenvalue weighted by molar-refractivity contribution is 5.75. The predicted octanol–water partition coefficient (Wildman–Crippen LogP) is 1.18. The number of methoxy groups -OCH3 is 1. The average molecular weight is 309 g/mol. The van der Waals surface area contributed by atoms with E-state index in [-0.39, 0.29) is 0 Å². The van der Waals surface area contributed by atoms with Gasteiger partial charge >= 0.3 is 12.1 Å². The van der Waals surface area contributed by atoms with Crippen LogP contribution in [0, 0.1) is 10.1 Å². The Morgan fingerprint density at radius 1 is 1.38 bits per heavy atom. The zero-order chi connectivity index (χ0) is 16.4. The van der Waals surface area contributed by atoms with Crippen LogP contribution >= 0.6 is 0 Å². The Bertz CT molecular complexity index is 559. The van der Waals surface area contributed by atoms with Crippen molar-refractivity contribution in [2.45, 2.75) is 18.4 Å². The van der Waals surface area contributed by atoms with Gasteiger partial charge in [-0.2, -0.15) is 13.2 Å². The van der Waals surface area contributed by atoms with Crippen LogP contribution in [0.15, 0.2) is 18.2 Å². The number of nitro groups is 1. The number of benzene rings is 1. The van der Waals surface area contributed by atoms with E-state index in [1.54, 1.807) is 0 Å². The molecule has 2 N–H and O–H groups in total. The van der Waals surface area contributed by atoms with Gasteiger partial charge in [0.25, 0.3) is 5.69 Å². The monoisotopic (exact) mass is 309 g/mol. The van der Waals surface area contributed by atoms with Gasteiger partial charge < -0.3 is 14.9 Å². The molecule has 0 spiro atoms. The third-order valence-electron chi connectivity index (χ3n) is 2.61. The van der Waals surface area contributed by atoms with E-state index in [0.29, 0.717) is 12.1 Å². The number of rotatable bonds is 4. The Balaban J connectivity index is 3.26. The van der Waals surface area contributed by atoms with Crippen molar-refractivity contribution >= 4 is 11.7 Å². The Morgan fingerprint density at radius 3 is 2.38 bits per heavy atom. The van der Waals surface area contributed by atoms with Crippen molar-refractivity contribution in [3.8, 4) is 0 Å². The van der Waals surface area contributed by atoms with Gasteiger partial charge in [0.2, 0.25) is 0 Å². The second kappa shape index (κ2) is 6.06. The molecule has 1 rings (SSSR count). The summed E-state index contributed by atoms with van der Waals surface area (Å²) < 4.78 is 41.9. The lowest BCUT2D eigenvalue weighted by Crippen LogP contribution is -2.29. The predicted molar refractivity (Wildman–Crippen MR) is 61.1 cm³/mol. The molecule has 2 atom stereocenters. The number of nitro benzene ring substituents is 1. The standard InChI is InChI=1S/C11H10F3NO6/c1-21-10(18)9(17)8(16)5-2-3-6(11(12,13)14)7(4-5)15(19)20/h2-4,8-9,16-17H,1H3. The van der Waals surface area contributed by atoms with E-state index < -0.39 is 46.1 Å². The summed E-state index contributed by atoms with van der Waals surface area (Å²) in [5.74, 6) is -1.23. The molecular formula is C11H10F3NO6. The highest BCUT2D eigenvalue weighted by Gasteiger charge is 2.39. The molecule has 0 aliphatic rings. The van der Waals surface area contributed by atoms with Crippen molar-refractivity contribution in [3.05, 3.63) is 39.4 Å². The third kappa shape index (κ3) is 3.67. The van der Waals surface area contributed by atoms with Crippen molar-refractivity contribution in [1.29, 1.82) is 0 Å². The number of aliphatic hydroxyl groups excluding tert-OH is 2. The zero-order valence-corrected chi connectivity index (χ0v) is 10.5. The van der Waals surface area contributed by atoms with Crippen LogP contribution in [-0.4, -0.2) is 34.3 Å². The van der Waals surface area contributed by atoms with E-state index in [1.165, 1.54) is 0 Å². The average Bonchev–Trinajstić information content (AvgIpc) is 2.43. The van der Waals surface area contributed by atoms with Gasteiger partial charge in [0.15, 0.2) is 6.10 Å². The van der Waals surface area contributed by atoms with E-state index in [2.05, 4.69) is 4.74 Å². The van der Waals surface area contributed by atoms with Gasteiger partial charge in [0, 0.05) is 6.07 Å². The fraction of sp³-hybridized carbons (Fsp3) is 0.364. The number of hydrogen-bond acceptors (Lipinski definition) is 6. The Morgan fingerprint density at radius 2 is 1.95 bits per heavy atom. The molecule has 1 aromatic carbocycles. The molecule has 1 aromatic rings.